The molecule has 3 rings (SSSR count). The van der Waals surface area contributed by atoms with Crippen LogP contribution in [-0.4, -0.2) is 32.9 Å². The summed E-state index contributed by atoms with van der Waals surface area (Å²) in [4.78, 5) is 11.4. The molecule has 0 bridgehead atoms. The second-order valence-electron chi connectivity index (χ2n) is 6.44. The van der Waals surface area contributed by atoms with Crippen molar-refractivity contribution < 1.29 is 35.9 Å². The number of methoxy groups -OCH3 is 2. The van der Waals surface area contributed by atoms with E-state index in [2.05, 4.69) is 4.74 Å². The monoisotopic (exact) mass is 429 g/mol. The first-order valence-corrected chi connectivity index (χ1v) is 9.94. The van der Waals surface area contributed by atoms with E-state index in [0.29, 0.717) is 17.4 Å². The molecular weight excluding hydrogens is 411 g/mol. The van der Waals surface area contributed by atoms with Gasteiger partial charge < -0.3 is 9.47 Å². The second-order valence-corrected chi connectivity index (χ2v) is 8.30. The predicted molar refractivity (Wildman–Crippen MR) is 96.5 cm³/mol. The highest BCUT2D eigenvalue weighted by atomic mass is 32.2. The summed E-state index contributed by atoms with van der Waals surface area (Å²) in [6.45, 7) is -0.121. The average molecular weight is 429 g/mol. The molecule has 0 saturated carbocycles. The van der Waals surface area contributed by atoms with Crippen LogP contribution >= 0.6 is 0 Å². The summed E-state index contributed by atoms with van der Waals surface area (Å²) in [5, 5.41) is 0. The Bertz CT molecular complexity index is 1020. The molecule has 10 heteroatoms. The fourth-order valence-corrected chi connectivity index (χ4v) is 5.09. The number of sulfonamides is 1. The largest absolute Gasteiger partial charge is 0.497 e. The number of halogens is 3. The summed E-state index contributed by atoms with van der Waals surface area (Å²) in [7, 11) is -1.60. The zero-order chi connectivity index (χ0) is 21.4. The molecule has 2 aromatic carbocycles. The number of esters is 1. The molecule has 1 heterocycles. The van der Waals surface area contributed by atoms with Crippen LogP contribution in [-0.2, 0) is 32.3 Å². The fourth-order valence-electron chi connectivity index (χ4n) is 3.22. The van der Waals surface area contributed by atoms with E-state index in [9.17, 15) is 26.4 Å². The van der Waals surface area contributed by atoms with Gasteiger partial charge in [0.25, 0.3) is 0 Å². The average Bonchev–Trinajstić information content (AvgIpc) is 2.88. The molecule has 0 spiro atoms. The molecule has 0 aliphatic carbocycles. The van der Waals surface area contributed by atoms with E-state index in [-0.39, 0.29) is 18.5 Å². The Kier molecular flexibility index (Phi) is 5.59. The van der Waals surface area contributed by atoms with Crippen LogP contribution in [0.3, 0.4) is 0 Å². The van der Waals surface area contributed by atoms with Gasteiger partial charge in [0, 0.05) is 6.54 Å². The van der Waals surface area contributed by atoms with Gasteiger partial charge in [-0.2, -0.15) is 17.5 Å². The Labute approximate surface area is 165 Å². The molecule has 1 atom stereocenters. The van der Waals surface area contributed by atoms with Crippen molar-refractivity contribution in [3.8, 4) is 5.75 Å². The van der Waals surface area contributed by atoms with Crippen LogP contribution in [0.1, 0.15) is 29.2 Å². The highest BCUT2D eigenvalue weighted by Gasteiger charge is 2.45. The number of benzene rings is 2. The van der Waals surface area contributed by atoms with Gasteiger partial charge in [-0.15, -0.1) is 0 Å². The van der Waals surface area contributed by atoms with Crippen molar-refractivity contribution in [2.24, 2.45) is 0 Å². The Balaban J connectivity index is 2.05. The number of nitrogens with zero attached hydrogens (tertiary/aromatic N) is 1. The third kappa shape index (κ3) is 4.08. The standard InChI is InChI=1S/C19H18F3NO5S/c1-27-14-6-3-12(4-7-14)11-23-16(10-18(24)28-2)15-8-5-13(19(20,21)22)9-17(15)29(23,25)26/h3-9,16H,10-11H2,1-2H3/t16-/m0/s1. The molecule has 2 aromatic rings. The summed E-state index contributed by atoms with van der Waals surface area (Å²) >= 11 is 0. The van der Waals surface area contributed by atoms with Gasteiger partial charge in [-0.3, -0.25) is 4.79 Å². The Morgan fingerprint density at radius 3 is 2.31 bits per heavy atom. The molecule has 0 radical (unpaired) electrons. The van der Waals surface area contributed by atoms with Crippen molar-refractivity contribution in [1.82, 2.24) is 4.31 Å². The lowest BCUT2D eigenvalue weighted by molar-refractivity contribution is -0.142. The van der Waals surface area contributed by atoms with E-state index in [0.717, 1.165) is 23.5 Å². The summed E-state index contributed by atoms with van der Waals surface area (Å²) in [6, 6.07) is 8.15. The maximum Gasteiger partial charge on any atom is 0.416 e. The maximum absolute atomic E-state index is 13.1. The molecule has 0 saturated heterocycles. The Hall–Kier alpha value is -2.59. The van der Waals surface area contributed by atoms with Crippen LogP contribution in [0.5, 0.6) is 5.75 Å². The predicted octanol–water partition coefficient (Wildman–Crippen LogP) is 3.52. The lowest BCUT2D eigenvalue weighted by Crippen LogP contribution is -2.29. The van der Waals surface area contributed by atoms with Gasteiger partial charge in [0.05, 0.1) is 37.1 Å². The molecule has 0 unspecified atom stereocenters. The van der Waals surface area contributed by atoms with E-state index in [1.54, 1.807) is 24.3 Å². The third-order valence-electron chi connectivity index (χ3n) is 4.72. The summed E-state index contributed by atoms with van der Waals surface area (Å²) < 4.78 is 76.1. The number of hydrogen-bond donors (Lipinski definition) is 0. The molecule has 1 aliphatic rings. The van der Waals surface area contributed by atoms with E-state index in [1.807, 2.05) is 0 Å². The van der Waals surface area contributed by atoms with E-state index in [4.69, 9.17) is 4.74 Å². The SMILES string of the molecule is COC(=O)C[C@H]1c2ccc(C(F)(F)F)cc2S(=O)(=O)N1Cc1ccc(OC)cc1. The minimum atomic E-state index is -4.69. The van der Waals surface area contributed by atoms with E-state index < -0.39 is 38.7 Å². The lowest BCUT2D eigenvalue weighted by Gasteiger charge is -2.23. The number of ether oxygens (including phenoxy) is 2. The topological polar surface area (TPSA) is 72.9 Å². The number of carbonyl (C=O) groups excluding carboxylic acids is 1. The highest BCUT2D eigenvalue weighted by molar-refractivity contribution is 7.89. The third-order valence-corrected chi connectivity index (χ3v) is 6.63. The Morgan fingerprint density at radius 2 is 1.76 bits per heavy atom. The van der Waals surface area contributed by atoms with Crippen molar-refractivity contribution in [3.05, 3.63) is 59.2 Å². The minimum absolute atomic E-state index is 0.121. The van der Waals surface area contributed by atoms with Crippen LogP contribution in [0, 0.1) is 0 Å². The molecule has 29 heavy (non-hydrogen) atoms. The molecule has 0 aromatic heterocycles. The minimum Gasteiger partial charge on any atom is -0.497 e. The summed E-state index contributed by atoms with van der Waals surface area (Å²) in [5.74, 6) is -0.0973. The van der Waals surface area contributed by atoms with Crippen molar-refractivity contribution >= 4 is 16.0 Å². The quantitative estimate of drug-likeness (QED) is 0.680. The van der Waals surface area contributed by atoms with Crippen molar-refractivity contribution in [2.75, 3.05) is 14.2 Å². The maximum atomic E-state index is 13.1. The zero-order valence-electron chi connectivity index (χ0n) is 15.6. The van der Waals surface area contributed by atoms with E-state index >= 15 is 0 Å². The van der Waals surface area contributed by atoms with E-state index in [1.165, 1.54) is 7.11 Å². The first-order chi connectivity index (χ1) is 13.6. The van der Waals surface area contributed by atoms with Gasteiger partial charge in [-0.05, 0) is 35.4 Å². The van der Waals surface area contributed by atoms with Crippen molar-refractivity contribution in [2.45, 2.75) is 30.1 Å². The molecule has 6 nitrogen and oxygen atoms in total. The van der Waals surface area contributed by atoms with Crippen LogP contribution in [0.25, 0.3) is 0 Å². The number of fused-ring (bicyclic) bond motifs is 1. The summed E-state index contributed by atoms with van der Waals surface area (Å²) in [5.41, 5.74) is -0.340. The number of carbonyl (C=O) groups is 1. The zero-order valence-corrected chi connectivity index (χ0v) is 16.4. The molecule has 156 valence electrons. The summed E-state index contributed by atoms with van der Waals surface area (Å²) in [6.07, 6.45) is -5.00. The number of hydrogen-bond acceptors (Lipinski definition) is 5. The van der Waals surface area contributed by atoms with Crippen molar-refractivity contribution in [1.29, 1.82) is 0 Å². The van der Waals surface area contributed by atoms with Crippen LogP contribution in [0.15, 0.2) is 47.4 Å². The van der Waals surface area contributed by atoms with Crippen molar-refractivity contribution in [3.63, 3.8) is 0 Å². The molecule has 0 amide bonds. The normalized spacial score (nSPS) is 18.3. The lowest BCUT2D eigenvalue weighted by atomic mass is 10.0. The van der Waals surface area contributed by atoms with Gasteiger partial charge >= 0.3 is 12.1 Å². The molecular formula is C19H18F3NO5S. The van der Waals surface area contributed by atoms with Crippen LogP contribution < -0.4 is 4.74 Å². The van der Waals surface area contributed by atoms with Crippen LogP contribution in [0.2, 0.25) is 0 Å². The fraction of sp³-hybridized carbons (Fsp3) is 0.316. The molecule has 0 fully saturated rings. The first-order valence-electron chi connectivity index (χ1n) is 8.50. The van der Waals surface area contributed by atoms with Gasteiger partial charge in [-0.1, -0.05) is 18.2 Å². The smallest absolute Gasteiger partial charge is 0.416 e. The number of alkyl halides is 3. The highest BCUT2D eigenvalue weighted by Crippen LogP contribution is 2.44. The molecule has 1 aliphatic heterocycles. The Morgan fingerprint density at radius 1 is 1.10 bits per heavy atom. The van der Waals surface area contributed by atoms with Gasteiger partial charge in [0.15, 0.2) is 0 Å². The molecule has 0 N–H and O–H groups in total. The number of rotatable bonds is 5. The second kappa shape index (κ2) is 7.68. The van der Waals surface area contributed by atoms with Crippen LogP contribution in [0.4, 0.5) is 13.2 Å². The first kappa shape index (κ1) is 21.1. The van der Waals surface area contributed by atoms with Gasteiger partial charge in [0.2, 0.25) is 10.0 Å². The van der Waals surface area contributed by atoms with Gasteiger partial charge in [0.1, 0.15) is 5.75 Å². The van der Waals surface area contributed by atoms with Gasteiger partial charge in [-0.25, -0.2) is 8.42 Å².